The summed E-state index contributed by atoms with van der Waals surface area (Å²) in [5.74, 6) is -1.32. The molecule has 5 heteroatoms. The van der Waals surface area contributed by atoms with Gasteiger partial charge in [0.15, 0.2) is 0 Å². The van der Waals surface area contributed by atoms with E-state index in [0.29, 0.717) is 31.6 Å². The molecule has 0 saturated carbocycles. The van der Waals surface area contributed by atoms with Gasteiger partial charge in [-0.15, -0.1) is 0 Å². The van der Waals surface area contributed by atoms with Crippen LogP contribution in [-0.2, 0) is 10.2 Å². The molecule has 0 heterocycles. The predicted octanol–water partition coefficient (Wildman–Crippen LogP) is 1.97. The zero-order chi connectivity index (χ0) is 14.3. The molecule has 0 bridgehead atoms. The van der Waals surface area contributed by atoms with Gasteiger partial charge in [-0.1, -0.05) is 0 Å². The molecule has 1 atom stereocenters. The van der Waals surface area contributed by atoms with Crippen LogP contribution in [0.4, 0.5) is 8.78 Å². The second-order valence-corrected chi connectivity index (χ2v) is 4.60. The molecule has 1 aromatic rings. The predicted molar refractivity (Wildman–Crippen MR) is 69.9 cm³/mol. The van der Waals surface area contributed by atoms with Crippen LogP contribution in [0.3, 0.4) is 0 Å². The number of aliphatic hydroxyl groups excluding tert-OH is 1. The highest BCUT2D eigenvalue weighted by molar-refractivity contribution is 5.28. The molecule has 0 fully saturated rings. The molecule has 0 spiro atoms. The lowest BCUT2D eigenvalue weighted by Crippen LogP contribution is -2.39. The Morgan fingerprint density at radius 1 is 1.26 bits per heavy atom. The van der Waals surface area contributed by atoms with Gasteiger partial charge in [-0.2, -0.15) is 0 Å². The summed E-state index contributed by atoms with van der Waals surface area (Å²) < 4.78 is 31.8. The Balaban J connectivity index is 2.90. The van der Waals surface area contributed by atoms with Crippen molar-refractivity contribution in [2.24, 2.45) is 5.73 Å². The molecule has 0 aliphatic carbocycles. The van der Waals surface area contributed by atoms with Crippen molar-refractivity contribution in [1.29, 1.82) is 0 Å². The molecular formula is C14H21F2NO2. The summed E-state index contributed by atoms with van der Waals surface area (Å²) in [5.41, 5.74) is 5.29. The first-order chi connectivity index (χ1) is 9.07. The van der Waals surface area contributed by atoms with Crippen molar-refractivity contribution in [2.75, 3.05) is 26.4 Å². The second-order valence-electron chi connectivity index (χ2n) is 4.60. The molecule has 3 nitrogen and oxygen atoms in total. The van der Waals surface area contributed by atoms with Crippen LogP contribution >= 0.6 is 0 Å². The Labute approximate surface area is 112 Å². The highest BCUT2D eigenvalue weighted by Gasteiger charge is 2.30. The van der Waals surface area contributed by atoms with Gasteiger partial charge in [-0.25, -0.2) is 8.78 Å². The van der Waals surface area contributed by atoms with Crippen molar-refractivity contribution in [3.8, 4) is 0 Å². The number of benzene rings is 1. The first kappa shape index (κ1) is 16.0. The van der Waals surface area contributed by atoms with Gasteiger partial charge in [0, 0.05) is 31.2 Å². The number of nitrogens with two attached hydrogens (primary N) is 1. The minimum atomic E-state index is -0.819. The van der Waals surface area contributed by atoms with Gasteiger partial charge < -0.3 is 15.6 Å². The molecule has 0 aliphatic rings. The summed E-state index contributed by atoms with van der Waals surface area (Å²) in [7, 11) is 0. The Morgan fingerprint density at radius 2 is 1.89 bits per heavy atom. The van der Waals surface area contributed by atoms with E-state index in [2.05, 4.69) is 0 Å². The Hall–Kier alpha value is -1.04. The molecule has 0 saturated heterocycles. The average molecular weight is 273 g/mol. The van der Waals surface area contributed by atoms with Crippen LogP contribution in [0, 0.1) is 11.6 Å². The molecule has 1 aromatic carbocycles. The van der Waals surface area contributed by atoms with Gasteiger partial charge in [0.2, 0.25) is 0 Å². The lowest BCUT2D eigenvalue weighted by Gasteiger charge is -2.31. The van der Waals surface area contributed by atoms with Crippen LogP contribution in [0.2, 0.25) is 0 Å². The van der Waals surface area contributed by atoms with Crippen molar-refractivity contribution >= 4 is 0 Å². The van der Waals surface area contributed by atoms with Crippen LogP contribution in [0.25, 0.3) is 0 Å². The fourth-order valence-electron chi connectivity index (χ4n) is 2.12. The molecule has 0 aromatic heterocycles. The van der Waals surface area contributed by atoms with Crippen LogP contribution in [0.1, 0.15) is 25.3 Å². The molecule has 3 N–H and O–H groups in total. The van der Waals surface area contributed by atoms with E-state index in [0.717, 1.165) is 6.07 Å². The van der Waals surface area contributed by atoms with E-state index >= 15 is 0 Å². The van der Waals surface area contributed by atoms with Gasteiger partial charge in [-0.05, 0) is 37.5 Å². The number of hydrogen-bond acceptors (Lipinski definition) is 3. The maximum absolute atomic E-state index is 13.3. The number of halogens is 2. The average Bonchev–Trinajstić information content (AvgIpc) is 2.38. The molecule has 1 unspecified atom stereocenters. The van der Waals surface area contributed by atoms with Gasteiger partial charge in [0.25, 0.3) is 0 Å². The molecule has 0 radical (unpaired) electrons. The van der Waals surface area contributed by atoms with Crippen molar-refractivity contribution in [3.05, 3.63) is 35.4 Å². The number of aliphatic hydroxyl groups is 1. The standard InChI is InChI=1S/C14H21F2NO2/c1-2-19-5-3-4-14(9-17,10-18)11-6-12(15)8-13(16)7-11/h6-8,18H,2-5,9-10,17H2,1H3. The topological polar surface area (TPSA) is 55.5 Å². The SMILES string of the molecule is CCOCCCC(CN)(CO)c1cc(F)cc(F)c1. The van der Waals surface area contributed by atoms with E-state index in [1.165, 1.54) is 12.1 Å². The summed E-state index contributed by atoms with van der Waals surface area (Å²) in [4.78, 5) is 0. The van der Waals surface area contributed by atoms with Gasteiger partial charge in [0.1, 0.15) is 11.6 Å². The van der Waals surface area contributed by atoms with Crippen LogP contribution < -0.4 is 5.73 Å². The number of ether oxygens (including phenoxy) is 1. The minimum Gasteiger partial charge on any atom is -0.395 e. The van der Waals surface area contributed by atoms with Crippen LogP contribution in [-0.4, -0.2) is 31.5 Å². The van der Waals surface area contributed by atoms with E-state index in [-0.39, 0.29) is 13.2 Å². The normalized spacial score (nSPS) is 14.4. The van der Waals surface area contributed by atoms with Gasteiger partial charge in [0.05, 0.1) is 6.61 Å². The van der Waals surface area contributed by atoms with Gasteiger partial charge >= 0.3 is 0 Å². The fourth-order valence-corrected chi connectivity index (χ4v) is 2.12. The monoisotopic (exact) mass is 273 g/mol. The maximum atomic E-state index is 13.3. The van der Waals surface area contributed by atoms with Crippen molar-refractivity contribution in [2.45, 2.75) is 25.2 Å². The van der Waals surface area contributed by atoms with E-state index in [9.17, 15) is 13.9 Å². The second kappa shape index (κ2) is 7.53. The third kappa shape index (κ3) is 4.23. The highest BCUT2D eigenvalue weighted by atomic mass is 19.1. The maximum Gasteiger partial charge on any atom is 0.126 e. The summed E-state index contributed by atoms with van der Waals surface area (Å²) in [6.07, 6.45) is 1.19. The molecule has 0 aliphatic heterocycles. The minimum absolute atomic E-state index is 0.124. The molecule has 19 heavy (non-hydrogen) atoms. The Kier molecular flexibility index (Phi) is 6.34. The van der Waals surface area contributed by atoms with Crippen molar-refractivity contribution < 1.29 is 18.6 Å². The third-order valence-corrected chi connectivity index (χ3v) is 3.32. The summed E-state index contributed by atoms with van der Waals surface area (Å²) >= 11 is 0. The van der Waals surface area contributed by atoms with E-state index < -0.39 is 17.0 Å². The summed E-state index contributed by atoms with van der Waals surface area (Å²) in [6.45, 7) is 2.92. The van der Waals surface area contributed by atoms with Crippen molar-refractivity contribution in [3.63, 3.8) is 0 Å². The number of hydrogen-bond donors (Lipinski definition) is 2. The van der Waals surface area contributed by atoms with Crippen LogP contribution in [0.5, 0.6) is 0 Å². The van der Waals surface area contributed by atoms with E-state index in [4.69, 9.17) is 10.5 Å². The highest BCUT2D eigenvalue weighted by Crippen LogP contribution is 2.29. The first-order valence-corrected chi connectivity index (χ1v) is 6.43. The lowest BCUT2D eigenvalue weighted by atomic mass is 9.77. The lowest BCUT2D eigenvalue weighted by molar-refractivity contribution is 0.125. The first-order valence-electron chi connectivity index (χ1n) is 6.43. The molecular weight excluding hydrogens is 252 g/mol. The fraction of sp³-hybridized carbons (Fsp3) is 0.571. The zero-order valence-corrected chi connectivity index (χ0v) is 11.2. The largest absolute Gasteiger partial charge is 0.395 e. The van der Waals surface area contributed by atoms with Crippen LogP contribution in [0.15, 0.2) is 18.2 Å². The number of rotatable bonds is 8. The zero-order valence-electron chi connectivity index (χ0n) is 11.2. The smallest absolute Gasteiger partial charge is 0.126 e. The molecule has 108 valence electrons. The van der Waals surface area contributed by atoms with E-state index in [1.54, 1.807) is 0 Å². The van der Waals surface area contributed by atoms with Crippen molar-refractivity contribution in [1.82, 2.24) is 0 Å². The Morgan fingerprint density at radius 3 is 2.37 bits per heavy atom. The van der Waals surface area contributed by atoms with Gasteiger partial charge in [-0.3, -0.25) is 0 Å². The molecule has 1 rings (SSSR count). The van der Waals surface area contributed by atoms with E-state index in [1.807, 2.05) is 6.92 Å². The summed E-state index contributed by atoms with van der Waals surface area (Å²) in [5, 5.41) is 9.60. The third-order valence-electron chi connectivity index (χ3n) is 3.32. The quantitative estimate of drug-likeness (QED) is 0.712. The molecule has 0 amide bonds. The Bertz CT molecular complexity index is 375. The summed E-state index contributed by atoms with van der Waals surface area (Å²) in [6, 6.07) is 3.27.